The van der Waals surface area contributed by atoms with Crippen LogP contribution in [0.1, 0.15) is 0 Å². The molecule has 0 nitrogen and oxygen atoms in total. The van der Waals surface area contributed by atoms with Crippen molar-refractivity contribution in [3.8, 4) is 0 Å². The monoisotopic (exact) mass is 142 g/mol. The number of halogens is 1. The van der Waals surface area contributed by atoms with E-state index < -0.39 is 0 Å². The van der Waals surface area contributed by atoms with Gasteiger partial charge in [0.1, 0.15) is 0 Å². The van der Waals surface area contributed by atoms with Gasteiger partial charge in [0.05, 0.1) is 0 Å². The Kier molecular flexibility index (Phi) is 10.3. The first-order valence-corrected chi connectivity index (χ1v) is 2.27. The van der Waals surface area contributed by atoms with E-state index in [1.165, 1.54) is 0 Å². The van der Waals surface area contributed by atoms with E-state index >= 15 is 0 Å². The summed E-state index contributed by atoms with van der Waals surface area (Å²) in [6.45, 7) is 0. The van der Waals surface area contributed by atoms with Crippen molar-refractivity contribution < 1.29 is 12.4 Å². The van der Waals surface area contributed by atoms with E-state index in [2.05, 4.69) is 5.38 Å². The van der Waals surface area contributed by atoms with Crippen molar-refractivity contribution in [3.63, 3.8) is 0 Å². The molecule has 0 aliphatic heterocycles. The summed E-state index contributed by atoms with van der Waals surface area (Å²) in [5.41, 5.74) is 0. The molecule has 0 saturated carbocycles. The summed E-state index contributed by atoms with van der Waals surface area (Å²) < 4.78 is 0. The van der Waals surface area contributed by atoms with E-state index in [0.717, 1.165) is 0 Å². The minimum absolute atomic E-state index is 0. The predicted molar refractivity (Wildman–Crippen MR) is 28.9 cm³/mol. The Morgan fingerprint density at radius 1 is 1.43 bits per heavy atom. The summed E-state index contributed by atoms with van der Waals surface area (Å²) in [5, 5.41) is 4.89. The van der Waals surface area contributed by atoms with Gasteiger partial charge in [-0.25, -0.2) is 6.07 Å². The first kappa shape index (κ1) is 10.7. The Hall–Kier alpha value is 0.756. The van der Waals surface area contributed by atoms with Gasteiger partial charge in [-0.1, -0.05) is 0 Å². The number of hydrogen-bond donors (Lipinski definition) is 0. The zero-order valence-corrected chi connectivity index (χ0v) is 6.71. The second kappa shape index (κ2) is 6.76. The van der Waals surface area contributed by atoms with Crippen LogP contribution in [0.2, 0.25) is 0 Å². The molecule has 0 radical (unpaired) electrons. The van der Waals surface area contributed by atoms with Gasteiger partial charge in [-0.05, 0) is 0 Å². The molecule has 1 rings (SSSR count). The Morgan fingerprint density at radius 2 is 2.14 bits per heavy atom. The number of hydrogen-bond acceptors (Lipinski definition) is 1. The minimum Gasteiger partial charge on any atom is -1.00 e. The molecule has 0 bridgehead atoms. The van der Waals surface area contributed by atoms with Crippen molar-refractivity contribution >= 4 is 34.4 Å². The molecule has 1 aromatic heterocycles. The molecular weight excluding hydrogens is 140 g/mol. The first-order chi connectivity index (χ1) is 2.50. The van der Waals surface area contributed by atoms with Crippen molar-refractivity contribution in [2.24, 2.45) is 0 Å². The molecule has 1 aromatic rings. The van der Waals surface area contributed by atoms with Gasteiger partial charge in [0.15, 0.2) is 0 Å². The van der Waals surface area contributed by atoms with Crippen LogP contribution in [-0.2, 0) is 0 Å². The van der Waals surface area contributed by atoms with Crippen LogP contribution in [-0.4, -0.2) is 23.1 Å². The van der Waals surface area contributed by atoms with Gasteiger partial charge in [0.2, 0.25) is 0 Å². The average molecular weight is 143 g/mol. The second-order valence-corrected chi connectivity index (χ2v) is 1.47. The van der Waals surface area contributed by atoms with Crippen LogP contribution >= 0.6 is 11.3 Å². The van der Waals surface area contributed by atoms with Crippen molar-refractivity contribution in [2.45, 2.75) is 0 Å². The summed E-state index contributed by atoms with van der Waals surface area (Å²) in [5.74, 6) is 0. The number of rotatable bonds is 0. The zero-order chi connectivity index (χ0) is 3.54. The van der Waals surface area contributed by atoms with Gasteiger partial charge in [0.25, 0.3) is 0 Å². The fraction of sp³-hybridized carbons (Fsp3) is 0. The van der Waals surface area contributed by atoms with E-state index in [1.807, 2.05) is 17.5 Å². The first-order valence-electron chi connectivity index (χ1n) is 1.40. The topological polar surface area (TPSA) is 0 Å². The molecule has 0 amide bonds. The fourth-order valence-corrected chi connectivity index (χ4v) is 0.589. The van der Waals surface area contributed by atoms with Crippen LogP contribution in [0.25, 0.3) is 0 Å². The standard InChI is InChI=1S/C4H3S.ClH.Mg/c1-2-4-5-3-1;;/h1-3H;1H;/q-1;;+2/p-1. The van der Waals surface area contributed by atoms with Gasteiger partial charge in [0, 0.05) is 0 Å². The molecule has 0 unspecified atom stereocenters. The van der Waals surface area contributed by atoms with Crippen LogP contribution in [0, 0.1) is 5.38 Å². The third-order valence-electron chi connectivity index (χ3n) is 0.379. The van der Waals surface area contributed by atoms with E-state index in [-0.39, 0.29) is 35.5 Å². The molecule has 3 heteroatoms. The summed E-state index contributed by atoms with van der Waals surface area (Å²) in [7, 11) is 0. The smallest absolute Gasteiger partial charge is 1.00 e. The minimum atomic E-state index is 0. The summed E-state index contributed by atoms with van der Waals surface area (Å²) in [4.78, 5) is 0. The molecule has 0 aromatic carbocycles. The molecule has 0 N–H and O–H groups in total. The Labute approximate surface area is 69.5 Å². The van der Waals surface area contributed by atoms with Gasteiger partial charge >= 0.3 is 23.1 Å². The number of thiophene rings is 1. The van der Waals surface area contributed by atoms with Crippen molar-refractivity contribution in [1.82, 2.24) is 0 Å². The fourth-order valence-electron chi connectivity index (χ4n) is 0.196. The Bertz CT molecular complexity index is 68.2. The van der Waals surface area contributed by atoms with E-state index in [0.29, 0.717) is 0 Å². The molecular formula is C4H3ClMgS. The molecule has 0 aliphatic carbocycles. The maximum atomic E-state index is 2.90. The van der Waals surface area contributed by atoms with Crippen LogP contribution in [0.3, 0.4) is 0 Å². The third-order valence-corrected chi connectivity index (χ3v) is 0.944. The van der Waals surface area contributed by atoms with Gasteiger partial charge in [-0.2, -0.15) is 11.4 Å². The van der Waals surface area contributed by atoms with Gasteiger partial charge in [-0.15, -0.1) is 5.38 Å². The van der Waals surface area contributed by atoms with Gasteiger partial charge in [-0.3, -0.25) is 0 Å². The Morgan fingerprint density at radius 3 is 2.29 bits per heavy atom. The third kappa shape index (κ3) is 4.61. The molecule has 0 aliphatic rings. The molecule has 0 saturated heterocycles. The van der Waals surface area contributed by atoms with Crippen LogP contribution in [0.4, 0.5) is 0 Å². The average Bonchev–Trinajstić information content (AvgIpc) is 1.76. The summed E-state index contributed by atoms with van der Waals surface area (Å²) in [6.07, 6.45) is 0. The maximum absolute atomic E-state index is 2.90. The SMILES string of the molecule is [Cl-].[Mg+2].[c-]1cccs1. The van der Waals surface area contributed by atoms with Crippen LogP contribution in [0.15, 0.2) is 17.5 Å². The largest absolute Gasteiger partial charge is 2.00 e. The maximum Gasteiger partial charge on any atom is 2.00 e. The molecule has 0 atom stereocenters. The zero-order valence-electron chi connectivity index (χ0n) is 3.73. The van der Waals surface area contributed by atoms with Crippen molar-refractivity contribution in [3.05, 3.63) is 22.9 Å². The summed E-state index contributed by atoms with van der Waals surface area (Å²) >= 11 is 1.59. The van der Waals surface area contributed by atoms with Crippen LogP contribution < -0.4 is 12.4 Å². The van der Waals surface area contributed by atoms with Crippen LogP contribution in [0.5, 0.6) is 0 Å². The van der Waals surface area contributed by atoms with Crippen molar-refractivity contribution in [2.75, 3.05) is 0 Å². The van der Waals surface area contributed by atoms with E-state index in [4.69, 9.17) is 0 Å². The Balaban J connectivity index is 0. The summed E-state index contributed by atoms with van der Waals surface area (Å²) in [6, 6.07) is 3.86. The van der Waals surface area contributed by atoms with E-state index in [9.17, 15) is 0 Å². The quantitative estimate of drug-likeness (QED) is 0.296. The normalized spacial score (nSPS) is 5.71. The van der Waals surface area contributed by atoms with Gasteiger partial charge < -0.3 is 23.7 Å². The second-order valence-electron chi connectivity index (χ2n) is 0.731. The molecule has 7 heavy (non-hydrogen) atoms. The van der Waals surface area contributed by atoms with E-state index in [1.54, 1.807) is 11.3 Å². The molecule has 34 valence electrons. The van der Waals surface area contributed by atoms with Crippen molar-refractivity contribution in [1.29, 1.82) is 0 Å². The molecule has 1 heterocycles. The molecule has 0 spiro atoms. The molecule has 0 fully saturated rings. The predicted octanol–water partition coefficient (Wildman–Crippen LogP) is -1.83.